The smallest absolute Gasteiger partial charge is 0.328 e. The van der Waals surface area contributed by atoms with E-state index in [0.717, 1.165) is 25.7 Å². The van der Waals surface area contributed by atoms with Gasteiger partial charge in [-0.25, -0.2) is 0 Å². The van der Waals surface area contributed by atoms with Gasteiger partial charge in [0.25, 0.3) is 0 Å². The zero-order valence-electron chi connectivity index (χ0n) is 10.5. The summed E-state index contributed by atoms with van der Waals surface area (Å²) in [7, 11) is 1.70. The minimum Gasteiger partial charge on any atom is -0.461 e. The number of nitrogen functional groups attached to an aromatic ring is 1. The lowest BCUT2D eigenvalue weighted by Crippen LogP contribution is -2.30. The third-order valence-electron chi connectivity index (χ3n) is 3.15. The predicted octanol–water partition coefficient (Wildman–Crippen LogP) is 0.966. The van der Waals surface area contributed by atoms with Gasteiger partial charge in [0.1, 0.15) is 12.6 Å². The van der Waals surface area contributed by atoms with Crippen LogP contribution in [0.4, 0.5) is 5.69 Å². The van der Waals surface area contributed by atoms with Crippen molar-refractivity contribution in [3.05, 3.63) is 12.4 Å². The van der Waals surface area contributed by atoms with E-state index in [-0.39, 0.29) is 24.7 Å². The van der Waals surface area contributed by atoms with Crippen molar-refractivity contribution in [2.45, 2.75) is 44.4 Å². The van der Waals surface area contributed by atoms with Gasteiger partial charge >= 0.3 is 5.97 Å². The Morgan fingerprint density at radius 2 is 2.33 bits per heavy atom. The number of esters is 1. The molecule has 1 aromatic heterocycles. The lowest BCUT2D eigenvalue weighted by atomic mass is 9.95. The molecule has 1 heterocycles. The summed E-state index contributed by atoms with van der Waals surface area (Å²) in [6.07, 6.45) is 7.05. The van der Waals surface area contributed by atoms with Crippen molar-refractivity contribution in [3.8, 4) is 0 Å². The molecule has 0 radical (unpaired) electrons. The number of methoxy groups -OCH3 is 1. The highest BCUT2D eigenvalue weighted by Crippen LogP contribution is 2.23. The van der Waals surface area contributed by atoms with Crippen molar-refractivity contribution < 1.29 is 14.3 Å². The highest BCUT2D eigenvalue weighted by atomic mass is 16.5. The third kappa shape index (κ3) is 3.46. The third-order valence-corrected chi connectivity index (χ3v) is 3.15. The summed E-state index contributed by atoms with van der Waals surface area (Å²) in [6, 6.07) is 0. The standard InChI is InChI=1S/C12H19N3O3/c1-17-10-3-2-4-11(5-10)18-12(16)8-15-7-9(13)6-14-15/h6-7,10-11H,2-5,8,13H2,1H3. The molecule has 100 valence electrons. The number of ether oxygens (including phenoxy) is 2. The Labute approximate surface area is 106 Å². The van der Waals surface area contributed by atoms with Crippen molar-refractivity contribution in [3.63, 3.8) is 0 Å². The normalized spacial score (nSPS) is 23.8. The van der Waals surface area contributed by atoms with Crippen LogP contribution in [0.2, 0.25) is 0 Å². The monoisotopic (exact) mass is 253 g/mol. The fourth-order valence-corrected chi connectivity index (χ4v) is 2.24. The van der Waals surface area contributed by atoms with Crippen molar-refractivity contribution in [2.75, 3.05) is 12.8 Å². The van der Waals surface area contributed by atoms with Crippen LogP contribution in [-0.2, 0) is 20.8 Å². The second-order valence-electron chi connectivity index (χ2n) is 4.61. The van der Waals surface area contributed by atoms with Gasteiger partial charge in [0, 0.05) is 19.7 Å². The number of carbonyl (C=O) groups is 1. The fourth-order valence-electron chi connectivity index (χ4n) is 2.24. The molecule has 2 atom stereocenters. The molecule has 0 aliphatic heterocycles. The number of anilines is 1. The molecular formula is C12H19N3O3. The van der Waals surface area contributed by atoms with Crippen molar-refractivity contribution in [1.29, 1.82) is 0 Å². The maximum atomic E-state index is 11.7. The van der Waals surface area contributed by atoms with Crippen LogP contribution in [0.5, 0.6) is 0 Å². The number of hydrogen-bond acceptors (Lipinski definition) is 5. The first kappa shape index (κ1) is 12.9. The summed E-state index contributed by atoms with van der Waals surface area (Å²) in [6.45, 7) is 0.103. The van der Waals surface area contributed by atoms with Crippen LogP contribution in [0, 0.1) is 0 Å². The number of aromatic nitrogens is 2. The molecular weight excluding hydrogens is 234 g/mol. The molecule has 1 aliphatic rings. The molecule has 2 N–H and O–H groups in total. The molecule has 0 amide bonds. The maximum absolute atomic E-state index is 11.7. The minimum atomic E-state index is -0.278. The van der Waals surface area contributed by atoms with E-state index in [1.54, 1.807) is 13.3 Å². The predicted molar refractivity (Wildman–Crippen MR) is 65.8 cm³/mol. The van der Waals surface area contributed by atoms with Crippen LogP contribution in [0.15, 0.2) is 12.4 Å². The van der Waals surface area contributed by atoms with Gasteiger partial charge in [0.15, 0.2) is 0 Å². The molecule has 18 heavy (non-hydrogen) atoms. The highest BCUT2D eigenvalue weighted by molar-refractivity contribution is 5.69. The minimum absolute atomic E-state index is 0.0379. The summed E-state index contributed by atoms with van der Waals surface area (Å²) in [5.74, 6) is -0.278. The Balaban J connectivity index is 1.80. The molecule has 6 nitrogen and oxygen atoms in total. The molecule has 0 spiro atoms. The zero-order valence-corrected chi connectivity index (χ0v) is 10.5. The van der Waals surface area contributed by atoms with Crippen molar-refractivity contribution in [2.24, 2.45) is 0 Å². The van der Waals surface area contributed by atoms with E-state index in [4.69, 9.17) is 15.2 Å². The van der Waals surface area contributed by atoms with Gasteiger partial charge in [-0.3, -0.25) is 9.48 Å². The van der Waals surface area contributed by atoms with Gasteiger partial charge < -0.3 is 15.2 Å². The average molecular weight is 253 g/mol. The van der Waals surface area contributed by atoms with Crippen LogP contribution in [-0.4, -0.2) is 35.1 Å². The van der Waals surface area contributed by atoms with E-state index < -0.39 is 0 Å². The van der Waals surface area contributed by atoms with Gasteiger partial charge in [-0.2, -0.15) is 5.10 Å². The first-order valence-electron chi connectivity index (χ1n) is 6.17. The number of carbonyl (C=O) groups excluding carboxylic acids is 1. The van der Waals surface area contributed by atoms with E-state index in [0.29, 0.717) is 5.69 Å². The van der Waals surface area contributed by atoms with E-state index >= 15 is 0 Å². The van der Waals surface area contributed by atoms with Crippen LogP contribution >= 0.6 is 0 Å². The van der Waals surface area contributed by atoms with Gasteiger partial charge in [-0.05, 0) is 19.3 Å². The lowest BCUT2D eigenvalue weighted by molar-refractivity contribution is -0.153. The quantitative estimate of drug-likeness (QED) is 0.809. The Morgan fingerprint density at radius 1 is 1.56 bits per heavy atom. The molecule has 2 unspecified atom stereocenters. The van der Waals surface area contributed by atoms with E-state index in [1.165, 1.54) is 10.9 Å². The fraction of sp³-hybridized carbons (Fsp3) is 0.667. The topological polar surface area (TPSA) is 79.4 Å². The number of hydrogen-bond donors (Lipinski definition) is 1. The molecule has 2 rings (SSSR count). The van der Waals surface area contributed by atoms with E-state index in [1.807, 2.05) is 0 Å². The summed E-state index contributed by atoms with van der Waals surface area (Å²) in [5.41, 5.74) is 6.06. The summed E-state index contributed by atoms with van der Waals surface area (Å²) >= 11 is 0. The second kappa shape index (κ2) is 5.86. The van der Waals surface area contributed by atoms with Crippen LogP contribution in [0.3, 0.4) is 0 Å². The molecule has 1 fully saturated rings. The van der Waals surface area contributed by atoms with Crippen molar-refractivity contribution in [1.82, 2.24) is 9.78 Å². The largest absolute Gasteiger partial charge is 0.461 e. The Bertz CT molecular complexity index is 405. The average Bonchev–Trinajstić information content (AvgIpc) is 2.74. The summed E-state index contributed by atoms with van der Waals surface area (Å²) in [4.78, 5) is 11.7. The molecule has 6 heteroatoms. The maximum Gasteiger partial charge on any atom is 0.328 e. The van der Waals surface area contributed by atoms with Crippen LogP contribution in [0.1, 0.15) is 25.7 Å². The Hall–Kier alpha value is -1.56. The van der Waals surface area contributed by atoms with Gasteiger partial charge in [-0.15, -0.1) is 0 Å². The lowest BCUT2D eigenvalue weighted by Gasteiger charge is -2.27. The zero-order chi connectivity index (χ0) is 13.0. The number of nitrogens with zero attached hydrogens (tertiary/aromatic N) is 2. The van der Waals surface area contributed by atoms with Crippen LogP contribution in [0.25, 0.3) is 0 Å². The molecule has 1 aromatic rings. The van der Waals surface area contributed by atoms with Crippen molar-refractivity contribution >= 4 is 11.7 Å². The first-order chi connectivity index (χ1) is 8.67. The summed E-state index contributed by atoms with van der Waals surface area (Å²) < 4.78 is 12.2. The molecule has 1 aliphatic carbocycles. The Morgan fingerprint density at radius 3 is 3.00 bits per heavy atom. The van der Waals surface area contributed by atoms with Gasteiger partial charge in [0.2, 0.25) is 0 Å². The summed E-state index contributed by atoms with van der Waals surface area (Å²) in [5, 5.41) is 3.95. The first-order valence-corrected chi connectivity index (χ1v) is 6.17. The van der Waals surface area contributed by atoms with E-state index in [9.17, 15) is 4.79 Å². The number of nitrogens with two attached hydrogens (primary N) is 1. The SMILES string of the molecule is COC1CCCC(OC(=O)Cn2cc(N)cn2)C1. The highest BCUT2D eigenvalue weighted by Gasteiger charge is 2.24. The molecule has 0 bridgehead atoms. The molecule has 0 saturated heterocycles. The van der Waals surface area contributed by atoms with Gasteiger partial charge in [0.05, 0.1) is 18.0 Å². The van der Waals surface area contributed by atoms with E-state index in [2.05, 4.69) is 5.10 Å². The Kier molecular flexibility index (Phi) is 4.19. The van der Waals surface area contributed by atoms with Crippen LogP contribution < -0.4 is 5.73 Å². The number of rotatable bonds is 4. The molecule has 1 saturated carbocycles. The van der Waals surface area contributed by atoms with Gasteiger partial charge in [-0.1, -0.05) is 0 Å². The molecule has 0 aromatic carbocycles. The second-order valence-corrected chi connectivity index (χ2v) is 4.61.